The highest BCUT2D eigenvalue weighted by molar-refractivity contribution is 7.10. The minimum atomic E-state index is 0.631. The fourth-order valence-corrected chi connectivity index (χ4v) is 3.21. The van der Waals surface area contributed by atoms with Crippen molar-refractivity contribution in [3.8, 4) is 11.5 Å². The largest absolute Gasteiger partial charge is 0.460 e. The minimum absolute atomic E-state index is 0.631. The number of nitrogens with zero attached hydrogens (tertiary/aromatic N) is 1. The van der Waals surface area contributed by atoms with Crippen LogP contribution in [0.4, 0.5) is 0 Å². The zero-order valence-electron chi connectivity index (χ0n) is 9.90. The summed E-state index contributed by atoms with van der Waals surface area (Å²) in [6, 6.07) is 3.98. The van der Waals surface area contributed by atoms with Gasteiger partial charge in [-0.3, -0.25) is 0 Å². The topological polar surface area (TPSA) is 38.1 Å². The Morgan fingerprint density at radius 3 is 2.88 bits per heavy atom. The maximum Gasteiger partial charge on any atom is 0.153 e. The third-order valence-electron chi connectivity index (χ3n) is 3.20. The van der Waals surface area contributed by atoms with E-state index in [-0.39, 0.29) is 0 Å². The van der Waals surface area contributed by atoms with Crippen molar-refractivity contribution in [1.82, 2.24) is 10.3 Å². The van der Waals surface area contributed by atoms with Gasteiger partial charge in [0.05, 0.1) is 5.01 Å². The molecular weight excluding hydrogens is 232 g/mol. The molecule has 2 aromatic heterocycles. The molecule has 1 aliphatic rings. The van der Waals surface area contributed by atoms with Crippen LogP contribution >= 0.6 is 11.3 Å². The second-order valence-corrected chi connectivity index (χ2v) is 5.40. The SMILES string of the molecule is Cc1ccc(-c2csc(C3CCNCC3)n2)o1. The number of nitrogens with one attached hydrogen (secondary N) is 1. The second kappa shape index (κ2) is 4.63. The van der Waals surface area contributed by atoms with Gasteiger partial charge in [-0.05, 0) is 45.0 Å². The van der Waals surface area contributed by atoms with Crippen LogP contribution in [-0.2, 0) is 0 Å². The predicted molar refractivity (Wildman–Crippen MR) is 69.4 cm³/mol. The molecule has 90 valence electrons. The van der Waals surface area contributed by atoms with Crippen LogP contribution in [-0.4, -0.2) is 18.1 Å². The van der Waals surface area contributed by atoms with Gasteiger partial charge in [-0.15, -0.1) is 11.3 Å². The molecule has 2 aromatic rings. The van der Waals surface area contributed by atoms with Crippen LogP contribution in [0.1, 0.15) is 29.5 Å². The molecule has 1 fully saturated rings. The van der Waals surface area contributed by atoms with E-state index in [1.54, 1.807) is 11.3 Å². The third kappa shape index (κ3) is 2.28. The van der Waals surface area contributed by atoms with Gasteiger partial charge in [0.2, 0.25) is 0 Å². The van der Waals surface area contributed by atoms with Crippen LogP contribution in [0.15, 0.2) is 21.9 Å². The quantitative estimate of drug-likeness (QED) is 0.887. The van der Waals surface area contributed by atoms with E-state index in [0.717, 1.165) is 30.3 Å². The first-order valence-corrected chi connectivity index (χ1v) is 6.94. The molecule has 1 N–H and O–H groups in total. The maximum atomic E-state index is 5.60. The van der Waals surface area contributed by atoms with Crippen molar-refractivity contribution >= 4 is 11.3 Å². The van der Waals surface area contributed by atoms with E-state index >= 15 is 0 Å². The molecule has 0 aliphatic carbocycles. The normalized spacial score (nSPS) is 17.5. The summed E-state index contributed by atoms with van der Waals surface area (Å²) in [6.07, 6.45) is 2.40. The van der Waals surface area contributed by atoms with Gasteiger partial charge in [-0.25, -0.2) is 4.98 Å². The van der Waals surface area contributed by atoms with Crippen LogP contribution < -0.4 is 5.32 Å². The molecule has 0 spiro atoms. The first kappa shape index (κ1) is 11.0. The zero-order valence-corrected chi connectivity index (χ0v) is 10.7. The van der Waals surface area contributed by atoms with E-state index in [4.69, 9.17) is 9.40 Å². The summed E-state index contributed by atoms with van der Waals surface area (Å²) in [6.45, 7) is 4.18. The fourth-order valence-electron chi connectivity index (χ4n) is 2.23. The molecule has 0 saturated carbocycles. The first-order chi connectivity index (χ1) is 8.33. The summed E-state index contributed by atoms with van der Waals surface area (Å²) in [5.41, 5.74) is 0.983. The molecule has 3 rings (SSSR count). The van der Waals surface area contributed by atoms with E-state index in [1.165, 1.54) is 17.8 Å². The van der Waals surface area contributed by atoms with E-state index < -0.39 is 0 Å². The standard InChI is InChI=1S/C13H16N2OS/c1-9-2-3-12(16-9)11-8-17-13(15-11)10-4-6-14-7-5-10/h2-3,8,10,14H,4-7H2,1H3. The van der Waals surface area contributed by atoms with Gasteiger partial charge in [0.1, 0.15) is 11.5 Å². The summed E-state index contributed by atoms with van der Waals surface area (Å²) < 4.78 is 5.60. The van der Waals surface area contributed by atoms with E-state index in [2.05, 4.69) is 10.7 Å². The van der Waals surface area contributed by atoms with Crippen molar-refractivity contribution in [3.63, 3.8) is 0 Å². The summed E-state index contributed by atoms with van der Waals surface area (Å²) in [5, 5.41) is 6.75. The van der Waals surface area contributed by atoms with Crippen molar-refractivity contribution in [2.45, 2.75) is 25.7 Å². The zero-order chi connectivity index (χ0) is 11.7. The molecule has 0 radical (unpaired) electrons. The summed E-state index contributed by atoms with van der Waals surface area (Å²) in [4.78, 5) is 4.71. The van der Waals surface area contributed by atoms with Crippen LogP contribution in [0.25, 0.3) is 11.5 Å². The van der Waals surface area contributed by atoms with Crippen molar-refractivity contribution in [2.24, 2.45) is 0 Å². The lowest BCUT2D eigenvalue weighted by Crippen LogP contribution is -2.26. The number of rotatable bonds is 2. The Hall–Kier alpha value is -1.13. The second-order valence-electron chi connectivity index (χ2n) is 4.51. The number of furan rings is 1. The van der Waals surface area contributed by atoms with Gasteiger partial charge in [0, 0.05) is 11.3 Å². The lowest BCUT2D eigenvalue weighted by molar-refractivity contribution is 0.459. The molecule has 0 amide bonds. The number of hydrogen-bond acceptors (Lipinski definition) is 4. The lowest BCUT2D eigenvalue weighted by atomic mass is 9.99. The van der Waals surface area contributed by atoms with Gasteiger partial charge >= 0.3 is 0 Å². The third-order valence-corrected chi connectivity index (χ3v) is 4.21. The Bertz CT molecular complexity index is 497. The van der Waals surface area contributed by atoms with Crippen molar-refractivity contribution in [3.05, 3.63) is 28.3 Å². The summed E-state index contributed by atoms with van der Waals surface area (Å²) in [7, 11) is 0. The number of hydrogen-bond donors (Lipinski definition) is 1. The number of piperidine rings is 1. The Labute approximate surface area is 105 Å². The van der Waals surface area contributed by atoms with Crippen LogP contribution in [0.3, 0.4) is 0 Å². The van der Waals surface area contributed by atoms with E-state index in [9.17, 15) is 0 Å². The molecule has 0 aromatic carbocycles. The minimum Gasteiger partial charge on any atom is -0.460 e. The molecule has 0 unspecified atom stereocenters. The monoisotopic (exact) mass is 248 g/mol. The van der Waals surface area contributed by atoms with Crippen LogP contribution in [0, 0.1) is 6.92 Å². The molecule has 4 heteroatoms. The highest BCUT2D eigenvalue weighted by Crippen LogP contribution is 2.31. The maximum absolute atomic E-state index is 5.60. The highest BCUT2D eigenvalue weighted by atomic mass is 32.1. The van der Waals surface area contributed by atoms with Crippen molar-refractivity contribution < 1.29 is 4.42 Å². The molecule has 17 heavy (non-hydrogen) atoms. The van der Waals surface area contributed by atoms with Crippen molar-refractivity contribution in [2.75, 3.05) is 13.1 Å². The average molecular weight is 248 g/mol. The Balaban J connectivity index is 1.82. The average Bonchev–Trinajstić information content (AvgIpc) is 2.98. The molecule has 1 saturated heterocycles. The highest BCUT2D eigenvalue weighted by Gasteiger charge is 2.19. The van der Waals surface area contributed by atoms with E-state index in [1.807, 2.05) is 19.1 Å². The lowest BCUT2D eigenvalue weighted by Gasteiger charge is -2.20. The number of aryl methyl sites for hydroxylation is 1. The molecule has 0 bridgehead atoms. The summed E-state index contributed by atoms with van der Waals surface area (Å²) in [5.74, 6) is 2.46. The van der Waals surface area contributed by atoms with E-state index in [0.29, 0.717) is 5.92 Å². The van der Waals surface area contributed by atoms with Crippen LogP contribution in [0.2, 0.25) is 0 Å². The Morgan fingerprint density at radius 2 is 2.18 bits per heavy atom. The number of thiazole rings is 1. The number of aromatic nitrogens is 1. The smallest absolute Gasteiger partial charge is 0.153 e. The van der Waals surface area contributed by atoms with Gasteiger partial charge in [-0.1, -0.05) is 0 Å². The fraction of sp³-hybridized carbons (Fsp3) is 0.462. The van der Waals surface area contributed by atoms with Gasteiger partial charge < -0.3 is 9.73 Å². The molecule has 3 nitrogen and oxygen atoms in total. The summed E-state index contributed by atoms with van der Waals surface area (Å²) >= 11 is 1.76. The molecule has 0 atom stereocenters. The molecule has 1 aliphatic heterocycles. The molecular formula is C13H16N2OS. The Kier molecular flexibility index (Phi) is 2.99. The van der Waals surface area contributed by atoms with Gasteiger partial charge in [-0.2, -0.15) is 0 Å². The van der Waals surface area contributed by atoms with Crippen molar-refractivity contribution in [1.29, 1.82) is 0 Å². The van der Waals surface area contributed by atoms with Gasteiger partial charge in [0.25, 0.3) is 0 Å². The van der Waals surface area contributed by atoms with Gasteiger partial charge in [0.15, 0.2) is 5.76 Å². The Morgan fingerprint density at radius 1 is 1.35 bits per heavy atom. The molecule has 3 heterocycles. The predicted octanol–water partition coefficient (Wildman–Crippen LogP) is 3.18. The van der Waals surface area contributed by atoms with Crippen LogP contribution in [0.5, 0.6) is 0 Å². The first-order valence-electron chi connectivity index (χ1n) is 6.06.